The lowest BCUT2D eigenvalue weighted by molar-refractivity contribution is 0.141. The van der Waals surface area contributed by atoms with E-state index < -0.39 is 0 Å². The minimum Gasteiger partial charge on any atom is -0.488 e. The minimum atomic E-state index is 0.0509. The summed E-state index contributed by atoms with van der Waals surface area (Å²) in [4.78, 5) is 3.82. The zero-order valence-corrected chi connectivity index (χ0v) is 8.70. The zero-order chi connectivity index (χ0) is 10.7. The van der Waals surface area contributed by atoms with Crippen LogP contribution in [0.1, 0.15) is 12.1 Å². The monoisotopic (exact) mass is 224 g/mol. The van der Waals surface area contributed by atoms with E-state index in [0.29, 0.717) is 19.0 Å². The molecule has 4 nitrogen and oxygen atoms in total. The number of halogens is 1. The van der Waals surface area contributed by atoms with E-state index in [-0.39, 0.29) is 17.0 Å². The van der Waals surface area contributed by atoms with Crippen molar-refractivity contribution < 1.29 is 9.47 Å². The third-order valence-electron chi connectivity index (χ3n) is 2.07. The number of rotatable bonds is 2. The van der Waals surface area contributed by atoms with Gasteiger partial charge >= 0.3 is 0 Å². The van der Waals surface area contributed by atoms with Gasteiger partial charge < -0.3 is 9.47 Å². The third kappa shape index (κ3) is 2.58. The average Bonchev–Trinajstić information content (AvgIpc) is 2.69. The van der Waals surface area contributed by atoms with E-state index in [1.165, 1.54) is 0 Å². The summed E-state index contributed by atoms with van der Waals surface area (Å²) in [6.45, 7) is 1.30. The Morgan fingerprint density at radius 3 is 3.13 bits per heavy atom. The summed E-state index contributed by atoms with van der Waals surface area (Å²) in [5.41, 5.74) is 0.261. The van der Waals surface area contributed by atoms with Gasteiger partial charge in [-0.25, -0.2) is 4.98 Å². The molecule has 0 saturated carbocycles. The van der Waals surface area contributed by atoms with Crippen LogP contribution in [-0.4, -0.2) is 24.3 Å². The van der Waals surface area contributed by atoms with Crippen molar-refractivity contribution in [1.82, 2.24) is 4.98 Å². The van der Waals surface area contributed by atoms with Crippen molar-refractivity contribution in [2.75, 3.05) is 13.2 Å². The van der Waals surface area contributed by atoms with Crippen molar-refractivity contribution in [3.63, 3.8) is 0 Å². The molecule has 1 aromatic heterocycles. The second-order valence-electron chi connectivity index (χ2n) is 3.23. The highest BCUT2D eigenvalue weighted by Gasteiger charge is 2.17. The molecular weight excluding hydrogens is 216 g/mol. The quantitative estimate of drug-likeness (QED) is 0.719. The molecule has 2 rings (SSSR count). The van der Waals surface area contributed by atoms with Gasteiger partial charge in [-0.05, 0) is 0 Å². The summed E-state index contributed by atoms with van der Waals surface area (Å²) in [6.07, 6.45) is 0.914. The number of pyridine rings is 1. The first-order valence-corrected chi connectivity index (χ1v) is 4.98. The predicted octanol–water partition coefficient (Wildman–Crippen LogP) is 1.77. The Balaban J connectivity index is 2.13. The molecule has 0 amide bonds. The van der Waals surface area contributed by atoms with E-state index in [0.717, 1.165) is 6.42 Å². The Morgan fingerprint density at radius 1 is 1.60 bits per heavy atom. The molecule has 0 bridgehead atoms. The average molecular weight is 225 g/mol. The fraction of sp³-hybridized carbons (Fsp3) is 0.400. The Morgan fingerprint density at radius 2 is 2.47 bits per heavy atom. The van der Waals surface area contributed by atoms with Crippen molar-refractivity contribution in [2.45, 2.75) is 12.5 Å². The maximum absolute atomic E-state index is 8.70. The molecule has 0 spiro atoms. The Bertz CT molecular complexity index is 397. The van der Waals surface area contributed by atoms with Crippen LogP contribution in [0.3, 0.4) is 0 Å². The van der Waals surface area contributed by atoms with E-state index in [1.807, 2.05) is 6.07 Å². The lowest BCUT2D eigenvalue weighted by Gasteiger charge is -2.11. The van der Waals surface area contributed by atoms with E-state index in [4.69, 9.17) is 26.3 Å². The van der Waals surface area contributed by atoms with E-state index in [2.05, 4.69) is 4.98 Å². The lowest BCUT2D eigenvalue weighted by atomic mass is 10.3. The van der Waals surface area contributed by atoms with Crippen molar-refractivity contribution in [2.24, 2.45) is 0 Å². The topological polar surface area (TPSA) is 55.1 Å². The van der Waals surface area contributed by atoms with Crippen LogP contribution in [0, 0.1) is 11.3 Å². The first-order valence-electron chi connectivity index (χ1n) is 4.60. The van der Waals surface area contributed by atoms with E-state index >= 15 is 0 Å². The molecule has 0 N–H and O–H groups in total. The van der Waals surface area contributed by atoms with Crippen LogP contribution in [0.15, 0.2) is 12.1 Å². The van der Waals surface area contributed by atoms with Gasteiger partial charge in [0, 0.05) is 18.6 Å². The summed E-state index contributed by atoms with van der Waals surface area (Å²) < 4.78 is 10.8. The normalized spacial score (nSPS) is 19.9. The van der Waals surface area contributed by atoms with Crippen LogP contribution in [0.2, 0.25) is 5.15 Å². The maximum Gasteiger partial charge on any atom is 0.145 e. The van der Waals surface area contributed by atoms with Gasteiger partial charge in [-0.2, -0.15) is 5.26 Å². The lowest BCUT2D eigenvalue weighted by Crippen LogP contribution is -2.15. The maximum atomic E-state index is 8.70. The smallest absolute Gasteiger partial charge is 0.145 e. The second kappa shape index (κ2) is 4.47. The summed E-state index contributed by atoms with van der Waals surface area (Å²) >= 11 is 5.74. The Kier molecular flexibility index (Phi) is 3.05. The molecule has 15 heavy (non-hydrogen) atoms. The molecule has 1 saturated heterocycles. The molecule has 0 aromatic carbocycles. The first kappa shape index (κ1) is 10.2. The zero-order valence-electron chi connectivity index (χ0n) is 7.94. The molecule has 1 aliphatic heterocycles. The molecular formula is C10H9ClN2O2. The largest absolute Gasteiger partial charge is 0.488 e. The number of ether oxygens (including phenoxy) is 2. The van der Waals surface area contributed by atoms with Gasteiger partial charge in [-0.15, -0.1) is 0 Å². The number of hydrogen-bond donors (Lipinski definition) is 0. The molecule has 78 valence electrons. The summed E-state index contributed by atoms with van der Waals surface area (Å²) in [5, 5.41) is 8.96. The second-order valence-corrected chi connectivity index (χ2v) is 3.61. The van der Waals surface area contributed by atoms with Crippen LogP contribution < -0.4 is 4.74 Å². The molecule has 1 aliphatic rings. The van der Waals surface area contributed by atoms with Crippen LogP contribution >= 0.6 is 11.6 Å². The van der Waals surface area contributed by atoms with Gasteiger partial charge in [0.25, 0.3) is 0 Å². The van der Waals surface area contributed by atoms with Gasteiger partial charge in [0.05, 0.1) is 13.2 Å². The van der Waals surface area contributed by atoms with Gasteiger partial charge in [-0.1, -0.05) is 11.6 Å². The summed E-state index contributed by atoms with van der Waals surface area (Å²) in [5.74, 6) is 0.571. The molecule has 5 heteroatoms. The summed E-state index contributed by atoms with van der Waals surface area (Å²) in [7, 11) is 0. The predicted molar refractivity (Wildman–Crippen MR) is 53.8 cm³/mol. The Hall–Kier alpha value is -1.31. The molecule has 1 fully saturated rings. The molecule has 0 radical (unpaired) electrons. The molecule has 0 aliphatic carbocycles. The van der Waals surface area contributed by atoms with Gasteiger partial charge in [0.1, 0.15) is 28.8 Å². The van der Waals surface area contributed by atoms with Crippen LogP contribution in [0.5, 0.6) is 5.75 Å². The van der Waals surface area contributed by atoms with Crippen LogP contribution in [0.25, 0.3) is 0 Å². The van der Waals surface area contributed by atoms with Crippen LogP contribution in [-0.2, 0) is 4.74 Å². The van der Waals surface area contributed by atoms with Crippen molar-refractivity contribution in [1.29, 1.82) is 5.26 Å². The number of nitriles is 1. The SMILES string of the molecule is N#Cc1cc(O[C@@H]2CCOC2)cc(Cl)n1. The van der Waals surface area contributed by atoms with Gasteiger partial charge in [0.2, 0.25) is 0 Å². The number of aromatic nitrogens is 1. The molecule has 0 unspecified atom stereocenters. The van der Waals surface area contributed by atoms with Crippen molar-refractivity contribution >= 4 is 11.6 Å². The number of nitrogens with zero attached hydrogens (tertiary/aromatic N) is 2. The summed E-state index contributed by atoms with van der Waals surface area (Å²) in [6, 6.07) is 5.10. The standard InChI is InChI=1S/C10H9ClN2O2/c11-10-4-9(3-7(5-12)13-10)15-8-1-2-14-6-8/h3-4,8H,1-2,6H2/t8-/m1/s1. The van der Waals surface area contributed by atoms with Crippen LogP contribution in [0.4, 0.5) is 0 Å². The fourth-order valence-electron chi connectivity index (χ4n) is 1.40. The molecule has 1 atom stereocenters. The van der Waals surface area contributed by atoms with Gasteiger partial charge in [0.15, 0.2) is 0 Å². The Labute approximate surface area is 92.4 Å². The van der Waals surface area contributed by atoms with Crippen molar-refractivity contribution in [3.05, 3.63) is 23.0 Å². The minimum absolute atomic E-state index is 0.0509. The molecule has 1 aromatic rings. The van der Waals surface area contributed by atoms with Gasteiger partial charge in [-0.3, -0.25) is 0 Å². The number of hydrogen-bond acceptors (Lipinski definition) is 4. The highest BCUT2D eigenvalue weighted by Crippen LogP contribution is 2.20. The fourth-order valence-corrected chi connectivity index (χ4v) is 1.60. The highest BCUT2D eigenvalue weighted by atomic mass is 35.5. The van der Waals surface area contributed by atoms with E-state index in [1.54, 1.807) is 12.1 Å². The molecule has 2 heterocycles. The third-order valence-corrected chi connectivity index (χ3v) is 2.27. The first-order chi connectivity index (χ1) is 7.28. The van der Waals surface area contributed by atoms with Crippen molar-refractivity contribution in [3.8, 4) is 11.8 Å². The highest BCUT2D eigenvalue weighted by molar-refractivity contribution is 6.29. The van der Waals surface area contributed by atoms with E-state index in [9.17, 15) is 0 Å².